The fourth-order valence-electron chi connectivity index (χ4n) is 5.81. The van der Waals surface area contributed by atoms with Crippen molar-refractivity contribution in [3.8, 4) is 5.75 Å². The number of aliphatic hydroxyl groups excluding tert-OH is 1. The van der Waals surface area contributed by atoms with E-state index < -0.39 is 22.6 Å². The molecule has 34 heavy (non-hydrogen) atoms. The summed E-state index contributed by atoms with van der Waals surface area (Å²) in [6.07, 6.45) is 4.50. The van der Waals surface area contributed by atoms with Gasteiger partial charge in [0.05, 0.1) is 29.8 Å². The van der Waals surface area contributed by atoms with Gasteiger partial charge >= 0.3 is 0 Å². The van der Waals surface area contributed by atoms with Crippen molar-refractivity contribution in [1.29, 1.82) is 0 Å². The van der Waals surface area contributed by atoms with Crippen LogP contribution in [-0.2, 0) is 14.4 Å². The van der Waals surface area contributed by atoms with Gasteiger partial charge in [0.15, 0.2) is 0 Å². The van der Waals surface area contributed by atoms with Gasteiger partial charge in [0.1, 0.15) is 11.8 Å². The molecular formula is C25H35N3O5S. The molecule has 186 valence electrons. The molecule has 2 bridgehead atoms. The van der Waals surface area contributed by atoms with E-state index in [4.69, 9.17) is 4.74 Å². The molecule has 1 spiro atoms. The van der Waals surface area contributed by atoms with Gasteiger partial charge in [-0.2, -0.15) is 0 Å². The molecule has 4 rings (SSSR count). The number of carbonyl (C=O) groups excluding carboxylic acids is 3. The lowest BCUT2D eigenvalue weighted by Crippen LogP contribution is -2.54. The number of hydrogen-bond donors (Lipinski definition) is 3. The first-order valence-electron chi connectivity index (χ1n) is 12.4. The predicted molar refractivity (Wildman–Crippen MR) is 132 cm³/mol. The van der Waals surface area contributed by atoms with E-state index in [1.165, 1.54) is 4.90 Å². The van der Waals surface area contributed by atoms with E-state index in [1.807, 2.05) is 6.92 Å². The van der Waals surface area contributed by atoms with E-state index >= 15 is 0 Å². The number of carbonyl (C=O) groups is 3. The minimum atomic E-state index is -0.656. The van der Waals surface area contributed by atoms with Gasteiger partial charge in [0, 0.05) is 24.0 Å². The summed E-state index contributed by atoms with van der Waals surface area (Å²) in [5.41, 5.74) is 0.651. The SMILES string of the molecule is CCCCCNC(=O)C1N(CCO)C(=O)[C@@H]2[C@H](C(=O)Nc3ccc(OCC)cc3)[C@@H]3CCC12S3. The van der Waals surface area contributed by atoms with Crippen LogP contribution in [0.5, 0.6) is 5.75 Å². The molecular weight excluding hydrogens is 454 g/mol. The number of fused-ring (bicyclic) bond motifs is 1. The van der Waals surface area contributed by atoms with E-state index in [0.717, 1.165) is 37.9 Å². The second kappa shape index (κ2) is 10.6. The number of nitrogens with zero attached hydrogens (tertiary/aromatic N) is 1. The highest BCUT2D eigenvalue weighted by Gasteiger charge is 2.73. The normalized spacial score (nSPS) is 29.3. The van der Waals surface area contributed by atoms with Crippen LogP contribution in [0.15, 0.2) is 24.3 Å². The summed E-state index contributed by atoms with van der Waals surface area (Å²) in [6.45, 7) is 5.04. The van der Waals surface area contributed by atoms with Crippen LogP contribution >= 0.6 is 11.8 Å². The molecule has 0 aliphatic carbocycles. The molecule has 1 aromatic rings. The lowest BCUT2D eigenvalue weighted by molar-refractivity contribution is -0.139. The van der Waals surface area contributed by atoms with Crippen molar-refractivity contribution in [2.75, 3.05) is 31.6 Å². The smallest absolute Gasteiger partial charge is 0.244 e. The van der Waals surface area contributed by atoms with Gasteiger partial charge in [-0.3, -0.25) is 14.4 Å². The number of anilines is 1. The summed E-state index contributed by atoms with van der Waals surface area (Å²) in [5.74, 6) is -0.873. The van der Waals surface area contributed by atoms with Crippen LogP contribution in [-0.4, -0.2) is 70.1 Å². The molecule has 3 fully saturated rings. The second-order valence-electron chi connectivity index (χ2n) is 9.26. The Morgan fingerprint density at radius 3 is 2.65 bits per heavy atom. The minimum absolute atomic E-state index is 0.00307. The number of ether oxygens (including phenoxy) is 1. The largest absolute Gasteiger partial charge is 0.494 e. The van der Waals surface area contributed by atoms with Crippen molar-refractivity contribution in [2.45, 2.75) is 62.0 Å². The van der Waals surface area contributed by atoms with Crippen LogP contribution < -0.4 is 15.4 Å². The third-order valence-electron chi connectivity index (χ3n) is 7.20. The van der Waals surface area contributed by atoms with Crippen molar-refractivity contribution in [3.63, 3.8) is 0 Å². The molecule has 1 aromatic carbocycles. The first kappa shape index (κ1) is 24.9. The molecule has 3 aliphatic heterocycles. The zero-order valence-corrected chi connectivity index (χ0v) is 20.7. The van der Waals surface area contributed by atoms with Crippen molar-refractivity contribution < 1.29 is 24.2 Å². The van der Waals surface area contributed by atoms with Crippen LogP contribution in [0.3, 0.4) is 0 Å². The van der Waals surface area contributed by atoms with Crippen molar-refractivity contribution in [3.05, 3.63) is 24.3 Å². The van der Waals surface area contributed by atoms with Gasteiger partial charge < -0.3 is 25.4 Å². The maximum absolute atomic E-state index is 13.6. The Kier molecular flexibility index (Phi) is 7.72. The topological polar surface area (TPSA) is 108 Å². The van der Waals surface area contributed by atoms with Gasteiger partial charge in [-0.25, -0.2) is 0 Å². The zero-order valence-electron chi connectivity index (χ0n) is 19.9. The van der Waals surface area contributed by atoms with Crippen molar-refractivity contribution >= 4 is 35.2 Å². The van der Waals surface area contributed by atoms with Gasteiger partial charge in [-0.15, -0.1) is 11.8 Å². The molecule has 3 aliphatic rings. The van der Waals surface area contributed by atoms with Crippen molar-refractivity contribution in [2.24, 2.45) is 11.8 Å². The first-order chi connectivity index (χ1) is 16.5. The molecule has 8 nitrogen and oxygen atoms in total. The number of benzene rings is 1. The Morgan fingerprint density at radius 2 is 1.97 bits per heavy atom. The number of β-amino-alcohol motifs (C(OH)–C–C–N with tert-alkyl or cyclic N) is 1. The van der Waals surface area contributed by atoms with Gasteiger partial charge in [0.2, 0.25) is 17.7 Å². The number of aliphatic hydroxyl groups is 1. The number of thioether (sulfide) groups is 1. The highest BCUT2D eigenvalue weighted by molar-refractivity contribution is 8.02. The monoisotopic (exact) mass is 489 g/mol. The summed E-state index contributed by atoms with van der Waals surface area (Å²) in [4.78, 5) is 41.8. The summed E-state index contributed by atoms with van der Waals surface area (Å²) in [6, 6.07) is 6.54. The van der Waals surface area contributed by atoms with Gasteiger partial charge in [0.25, 0.3) is 0 Å². The zero-order chi connectivity index (χ0) is 24.3. The maximum Gasteiger partial charge on any atom is 0.244 e. The Labute approximate surface area is 205 Å². The average Bonchev–Trinajstić information content (AvgIpc) is 3.46. The van der Waals surface area contributed by atoms with E-state index in [1.54, 1.807) is 36.0 Å². The number of nitrogens with one attached hydrogen (secondary N) is 2. The van der Waals surface area contributed by atoms with E-state index in [2.05, 4.69) is 17.6 Å². The Hall–Kier alpha value is -2.26. The summed E-state index contributed by atoms with van der Waals surface area (Å²) in [7, 11) is 0. The molecule has 3 N–H and O–H groups in total. The van der Waals surface area contributed by atoms with E-state index in [9.17, 15) is 19.5 Å². The van der Waals surface area contributed by atoms with Crippen LogP contribution in [0.1, 0.15) is 46.0 Å². The maximum atomic E-state index is 13.6. The molecule has 9 heteroatoms. The molecule has 2 unspecified atom stereocenters. The highest BCUT2D eigenvalue weighted by Crippen LogP contribution is 2.66. The number of rotatable bonds is 11. The fourth-order valence-corrected chi connectivity index (χ4v) is 8.03. The lowest BCUT2D eigenvalue weighted by atomic mass is 9.70. The van der Waals surface area contributed by atoms with E-state index in [0.29, 0.717) is 18.8 Å². The third-order valence-corrected chi connectivity index (χ3v) is 9.16. The predicted octanol–water partition coefficient (Wildman–Crippen LogP) is 2.41. The Bertz CT molecular complexity index is 910. The van der Waals surface area contributed by atoms with Gasteiger partial charge in [-0.1, -0.05) is 19.8 Å². The third kappa shape index (κ3) is 4.40. The molecule has 3 amide bonds. The number of hydrogen-bond acceptors (Lipinski definition) is 6. The summed E-state index contributed by atoms with van der Waals surface area (Å²) in [5, 5.41) is 15.6. The highest BCUT2D eigenvalue weighted by atomic mass is 32.2. The van der Waals surface area contributed by atoms with Crippen molar-refractivity contribution in [1.82, 2.24) is 10.2 Å². The fraction of sp³-hybridized carbons (Fsp3) is 0.640. The first-order valence-corrected chi connectivity index (χ1v) is 13.2. The molecule has 3 saturated heterocycles. The molecule has 0 aromatic heterocycles. The van der Waals surface area contributed by atoms with Crippen LogP contribution in [0, 0.1) is 11.8 Å². The number of unbranched alkanes of at least 4 members (excludes halogenated alkanes) is 2. The molecule has 0 saturated carbocycles. The second-order valence-corrected chi connectivity index (χ2v) is 10.9. The number of likely N-dealkylation sites (tertiary alicyclic amines) is 1. The molecule has 5 atom stereocenters. The Morgan fingerprint density at radius 1 is 1.21 bits per heavy atom. The van der Waals surface area contributed by atoms with Gasteiger partial charge in [-0.05, 0) is 50.5 Å². The Balaban J connectivity index is 1.54. The quantitative estimate of drug-likeness (QED) is 0.412. The summed E-state index contributed by atoms with van der Waals surface area (Å²) >= 11 is 1.63. The van der Waals surface area contributed by atoms with Crippen LogP contribution in [0.2, 0.25) is 0 Å². The lowest BCUT2D eigenvalue weighted by Gasteiger charge is -2.34. The van der Waals surface area contributed by atoms with Crippen LogP contribution in [0.25, 0.3) is 0 Å². The average molecular weight is 490 g/mol. The molecule has 0 radical (unpaired) electrons. The standard InChI is InChI=1S/C25H35N3O5S/c1-3-5-6-13-26-23(31)21-25-12-11-18(34-25)19(20(25)24(32)28(21)14-15-29)22(30)27-16-7-9-17(10-8-16)33-4-2/h7-10,18-21,29H,3-6,11-15H2,1-2H3,(H,26,31)(H,27,30)/t18-,19+,20-,21?,25?/m0/s1. The summed E-state index contributed by atoms with van der Waals surface area (Å²) < 4.78 is 4.84. The number of amides is 3. The van der Waals surface area contributed by atoms with Crippen LogP contribution in [0.4, 0.5) is 5.69 Å². The van der Waals surface area contributed by atoms with E-state index in [-0.39, 0.29) is 36.1 Å². The molecule has 3 heterocycles. The minimum Gasteiger partial charge on any atom is -0.494 e.